The van der Waals surface area contributed by atoms with E-state index in [1.807, 2.05) is 13.1 Å². The number of benzene rings is 1. The summed E-state index contributed by atoms with van der Waals surface area (Å²) in [4.78, 5) is 22.9. The van der Waals surface area contributed by atoms with Crippen LogP contribution in [0.2, 0.25) is 5.02 Å². The number of aryl methyl sites for hydroxylation is 1. The molecule has 0 bridgehead atoms. The normalized spacial score (nSPS) is 10.3. The minimum Gasteiger partial charge on any atom is -0.478 e. The molecule has 0 saturated heterocycles. The molecule has 0 radical (unpaired) electrons. The van der Waals surface area contributed by atoms with Crippen LogP contribution in [-0.4, -0.2) is 21.6 Å². The first-order valence-electron chi connectivity index (χ1n) is 6.02. The molecule has 0 aliphatic carbocycles. The number of carbonyl (C=O) groups excluding carboxylic acids is 1. The summed E-state index contributed by atoms with van der Waals surface area (Å²) in [5.41, 5.74) is 0.973. The van der Waals surface area contributed by atoms with E-state index in [4.69, 9.17) is 16.7 Å². The van der Waals surface area contributed by atoms with Crippen molar-refractivity contribution in [2.24, 2.45) is 0 Å². The number of aromatic carboxylic acids is 1. The van der Waals surface area contributed by atoms with Crippen LogP contribution in [0.3, 0.4) is 0 Å². The summed E-state index contributed by atoms with van der Waals surface area (Å²) < 4.78 is 1.80. The first kappa shape index (κ1) is 14.1. The van der Waals surface area contributed by atoms with Gasteiger partial charge in [0.2, 0.25) is 0 Å². The largest absolute Gasteiger partial charge is 0.478 e. The van der Waals surface area contributed by atoms with Crippen LogP contribution >= 0.6 is 11.6 Å². The Bertz CT molecular complexity index is 664. The van der Waals surface area contributed by atoms with Gasteiger partial charge in [-0.15, -0.1) is 0 Å². The van der Waals surface area contributed by atoms with Gasteiger partial charge in [-0.05, 0) is 37.3 Å². The van der Waals surface area contributed by atoms with E-state index in [1.165, 1.54) is 18.2 Å². The third-order valence-corrected chi connectivity index (χ3v) is 3.18. The fourth-order valence-electron chi connectivity index (χ4n) is 1.83. The summed E-state index contributed by atoms with van der Waals surface area (Å²) in [6.45, 7) is 2.62. The number of rotatable bonds is 4. The van der Waals surface area contributed by atoms with Crippen LogP contribution in [0.5, 0.6) is 0 Å². The molecule has 2 N–H and O–H groups in total. The number of hydrogen-bond acceptors (Lipinski definition) is 2. The highest BCUT2D eigenvalue weighted by Gasteiger charge is 2.13. The van der Waals surface area contributed by atoms with Gasteiger partial charge in [-0.1, -0.05) is 11.6 Å². The fourth-order valence-corrected chi connectivity index (χ4v) is 2.06. The molecule has 6 heteroatoms. The lowest BCUT2D eigenvalue weighted by molar-refractivity contribution is 0.0696. The fraction of sp³-hybridized carbons (Fsp3) is 0.143. The van der Waals surface area contributed by atoms with Crippen molar-refractivity contribution in [3.05, 3.63) is 52.8 Å². The summed E-state index contributed by atoms with van der Waals surface area (Å²) >= 11 is 5.97. The Hall–Kier alpha value is -2.27. The van der Waals surface area contributed by atoms with Crippen LogP contribution in [0.1, 0.15) is 27.8 Å². The Morgan fingerprint density at radius 1 is 1.35 bits per heavy atom. The van der Waals surface area contributed by atoms with Gasteiger partial charge < -0.3 is 15.0 Å². The van der Waals surface area contributed by atoms with E-state index in [1.54, 1.807) is 16.7 Å². The van der Waals surface area contributed by atoms with Crippen molar-refractivity contribution in [1.29, 1.82) is 0 Å². The molecule has 5 nitrogen and oxygen atoms in total. The molecule has 20 heavy (non-hydrogen) atoms. The van der Waals surface area contributed by atoms with Crippen molar-refractivity contribution < 1.29 is 14.7 Å². The quantitative estimate of drug-likeness (QED) is 0.909. The Morgan fingerprint density at radius 3 is 2.70 bits per heavy atom. The highest BCUT2D eigenvalue weighted by molar-refractivity contribution is 6.34. The summed E-state index contributed by atoms with van der Waals surface area (Å²) in [5, 5.41) is 11.7. The maximum absolute atomic E-state index is 12.1. The second-order valence-electron chi connectivity index (χ2n) is 4.13. The predicted molar refractivity (Wildman–Crippen MR) is 76.5 cm³/mol. The zero-order valence-corrected chi connectivity index (χ0v) is 11.5. The van der Waals surface area contributed by atoms with Crippen LogP contribution in [0.15, 0.2) is 36.5 Å². The monoisotopic (exact) mass is 292 g/mol. The topological polar surface area (TPSA) is 71.3 Å². The van der Waals surface area contributed by atoms with Gasteiger partial charge in [0.25, 0.3) is 5.91 Å². The molecule has 0 unspecified atom stereocenters. The Kier molecular flexibility index (Phi) is 4.10. The Morgan fingerprint density at radius 2 is 2.10 bits per heavy atom. The number of carboxylic acids is 1. The summed E-state index contributed by atoms with van der Waals surface area (Å²) in [6, 6.07) is 7.66. The average Bonchev–Trinajstić information content (AvgIpc) is 2.89. The molecule has 104 valence electrons. The van der Waals surface area contributed by atoms with E-state index in [0.717, 1.165) is 0 Å². The number of carbonyl (C=O) groups is 2. The third-order valence-electron chi connectivity index (χ3n) is 2.87. The SMILES string of the molecule is CCn1cccc1C(=O)Nc1ccc(C(=O)O)cc1Cl. The third kappa shape index (κ3) is 2.83. The minimum atomic E-state index is -1.07. The van der Waals surface area contributed by atoms with E-state index in [2.05, 4.69) is 5.32 Å². The van der Waals surface area contributed by atoms with Crippen molar-refractivity contribution in [1.82, 2.24) is 4.57 Å². The van der Waals surface area contributed by atoms with Crippen LogP contribution in [0, 0.1) is 0 Å². The molecule has 1 aromatic carbocycles. The molecule has 1 heterocycles. The molecule has 1 amide bonds. The smallest absolute Gasteiger partial charge is 0.335 e. The van der Waals surface area contributed by atoms with Gasteiger partial charge in [0.05, 0.1) is 16.3 Å². The van der Waals surface area contributed by atoms with Crippen LogP contribution in [0.25, 0.3) is 0 Å². The van der Waals surface area contributed by atoms with Gasteiger partial charge in [-0.3, -0.25) is 4.79 Å². The zero-order chi connectivity index (χ0) is 14.7. The standard InChI is InChI=1S/C14H13ClN2O3/c1-2-17-7-3-4-12(17)13(18)16-11-6-5-9(14(19)20)8-10(11)15/h3-8H,2H2,1H3,(H,16,18)(H,19,20). The van der Waals surface area contributed by atoms with Gasteiger partial charge in [0.1, 0.15) is 5.69 Å². The van der Waals surface area contributed by atoms with E-state index >= 15 is 0 Å². The zero-order valence-electron chi connectivity index (χ0n) is 10.8. The number of amides is 1. The molecule has 2 aromatic rings. The highest BCUT2D eigenvalue weighted by atomic mass is 35.5. The molecule has 0 spiro atoms. The summed E-state index contributed by atoms with van der Waals surface area (Å²) in [5.74, 6) is -1.36. The molecular weight excluding hydrogens is 280 g/mol. The van der Waals surface area contributed by atoms with Crippen molar-refractivity contribution in [2.75, 3.05) is 5.32 Å². The van der Waals surface area contributed by atoms with E-state index in [-0.39, 0.29) is 16.5 Å². The van der Waals surface area contributed by atoms with Gasteiger partial charge in [-0.2, -0.15) is 0 Å². The number of carboxylic acid groups (broad SMARTS) is 1. The molecule has 1 aromatic heterocycles. The number of anilines is 1. The predicted octanol–water partition coefficient (Wildman–Crippen LogP) is 3.11. The van der Waals surface area contributed by atoms with Gasteiger partial charge in [0.15, 0.2) is 0 Å². The van der Waals surface area contributed by atoms with Gasteiger partial charge >= 0.3 is 5.97 Å². The van der Waals surface area contributed by atoms with Crippen LogP contribution in [-0.2, 0) is 6.54 Å². The molecule has 0 saturated carbocycles. The van der Waals surface area contributed by atoms with Crippen LogP contribution < -0.4 is 5.32 Å². The highest BCUT2D eigenvalue weighted by Crippen LogP contribution is 2.23. The number of nitrogens with one attached hydrogen (secondary N) is 1. The number of aromatic nitrogens is 1. The molecule has 0 atom stereocenters. The van der Waals surface area contributed by atoms with Gasteiger partial charge in [0, 0.05) is 12.7 Å². The van der Waals surface area contributed by atoms with Crippen molar-refractivity contribution in [2.45, 2.75) is 13.5 Å². The molecule has 2 rings (SSSR count). The van der Waals surface area contributed by atoms with Crippen molar-refractivity contribution in [3.63, 3.8) is 0 Å². The number of halogens is 1. The molecule has 0 fully saturated rings. The Balaban J connectivity index is 2.22. The lowest BCUT2D eigenvalue weighted by Gasteiger charge is -2.09. The second kappa shape index (κ2) is 5.79. The molecule has 0 aliphatic rings. The lowest BCUT2D eigenvalue weighted by atomic mass is 10.2. The van der Waals surface area contributed by atoms with E-state index in [9.17, 15) is 9.59 Å². The van der Waals surface area contributed by atoms with Crippen molar-refractivity contribution in [3.8, 4) is 0 Å². The summed E-state index contributed by atoms with van der Waals surface area (Å²) in [6.07, 6.45) is 1.81. The van der Waals surface area contributed by atoms with Gasteiger partial charge in [-0.25, -0.2) is 4.79 Å². The minimum absolute atomic E-state index is 0.0740. The number of hydrogen-bond donors (Lipinski definition) is 2. The lowest BCUT2D eigenvalue weighted by Crippen LogP contribution is -2.16. The van der Waals surface area contributed by atoms with Crippen molar-refractivity contribution >= 4 is 29.2 Å². The maximum atomic E-state index is 12.1. The van der Waals surface area contributed by atoms with E-state index < -0.39 is 5.97 Å². The second-order valence-corrected chi connectivity index (χ2v) is 4.54. The first-order chi connectivity index (χ1) is 9.52. The maximum Gasteiger partial charge on any atom is 0.335 e. The molecular formula is C14H13ClN2O3. The average molecular weight is 293 g/mol. The Labute approximate surface area is 120 Å². The first-order valence-corrected chi connectivity index (χ1v) is 6.40. The summed E-state index contributed by atoms with van der Waals surface area (Å²) in [7, 11) is 0. The number of nitrogens with zero attached hydrogens (tertiary/aromatic N) is 1. The van der Waals surface area contributed by atoms with E-state index in [0.29, 0.717) is 17.9 Å². The van der Waals surface area contributed by atoms with Crippen LogP contribution in [0.4, 0.5) is 5.69 Å². The molecule has 0 aliphatic heterocycles.